The van der Waals surface area contributed by atoms with Gasteiger partial charge in [0.2, 0.25) is 0 Å². The fourth-order valence-corrected chi connectivity index (χ4v) is 3.38. The molecule has 20 heavy (non-hydrogen) atoms. The minimum absolute atomic E-state index is 0. The zero-order valence-electron chi connectivity index (χ0n) is 11.2. The van der Waals surface area contributed by atoms with Crippen LogP contribution in [0.25, 0.3) is 0 Å². The largest absolute Gasteiger partial charge is 0.370 e. The molecule has 0 radical (unpaired) electrons. The number of nitrogens with zero attached hydrogens (tertiary/aromatic N) is 2. The molecule has 1 heterocycles. The first-order chi connectivity index (χ1) is 8.93. The van der Waals surface area contributed by atoms with E-state index in [1.54, 1.807) is 18.3 Å². The van der Waals surface area contributed by atoms with E-state index in [9.17, 15) is 8.42 Å². The molecule has 0 amide bonds. The molecule has 0 atom stereocenters. The van der Waals surface area contributed by atoms with Crippen LogP contribution in [0.4, 0.5) is 5.82 Å². The maximum atomic E-state index is 11.8. The van der Waals surface area contributed by atoms with Crippen LogP contribution >= 0.6 is 24.0 Å². The smallest absolute Gasteiger partial charge is 0.194 e. The lowest BCUT2D eigenvalue weighted by atomic mass is 9.84. The van der Waals surface area contributed by atoms with Crippen molar-refractivity contribution in [2.24, 2.45) is 10.7 Å². The summed E-state index contributed by atoms with van der Waals surface area (Å²) in [6.45, 7) is 0.206. The first kappa shape index (κ1) is 17.2. The first-order valence-electron chi connectivity index (χ1n) is 6.11. The number of rotatable bonds is 4. The maximum Gasteiger partial charge on any atom is 0.194 e. The molecule has 0 spiro atoms. The van der Waals surface area contributed by atoms with Gasteiger partial charge in [-0.05, 0) is 25.0 Å². The average Bonchev–Trinajstić information content (AvgIpc) is 2.26. The van der Waals surface area contributed by atoms with Crippen molar-refractivity contribution in [2.75, 3.05) is 18.1 Å². The van der Waals surface area contributed by atoms with Gasteiger partial charge < -0.3 is 11.1 Å². The Bertz CT molecular complexity index is 570. The van der Waals surface area contributed by atoms with Crippen LogP contribution in [-0.2, 0) is 9.84 Å². The quantitative estimate of drug-likeness (QED) is 0.444. The van der Waals surface area contributed by atoms with Crippen LogP contribution < -0.4 is 11.1 Å². The van der Waals surface area contributed by atoms with Crippen molar-refractivity contribution in [3.8, 4) is 0 Å². The highest BCUT2D eigenvalue weighted by atomic mass is 127. The number of anilines is 1. The third kappa shape index (κ3) is 3.81. The summed E-state index contributed by atoms with van der Waals surface area (Å²) >= 11 is 0. The highest BCUT2D eigenvalue weighted by Gasteiger charge is 2.46. The van der Waals surface area contributed by atoms with Crippen LogP contribution in [-0.4, -0.2) is 36.9 Å². The Kier molecular flexibility index (Phi) is 5.75. The van der Waals surface area contributed by atoms with Crippen molar-refractivity contribution in [3.05, 3.63) is 24.4 Å². The monoisotopic (exact) mass is 410 g/mol. The molecule has 112 valence electrons. The molecule has 0 bridgehead atoms. The predicted octanol–water partition coefficient (Wildman–Crippen LogP) is 1.39. The molecule has 1 saturated carbocycles. The minimum Gasteiger partial charge on any atom is -0.370 e. The Hall–Kier alpha value is -0.900. The van der Waals surface area contributed by atoms with Gasteiger partial charge in [-0.2, -0.15) is 0 Å². The summed E-state index contributed by atoms with van der Waals surface area (Å²) in [4.78, 5) is 8.20. The van der Waals surface area contributed by atoms with Crippen LogP contribution in [0.1, 0.15) is 19.3 Å². The number of pyridine rings is 1. The Balaban J connectivity index is 0.00000200. The summed E-state index contributed by atoms with van der Waals surface area (Å²) in [6, 6.07) is 5.39. The van der Waals surface area contributed by atoms with Gasteiger partial charge in [0.1, 0.15) is 5.82 Å². The van der Waals surface area contributed by atoms with E-state index in [0.29, 0.717) is 18.7 Å². The van der Waals surface area contributed by atoms with Crippen molar-refractivity contribution in [3.63, 3.8) is 0 Å². The normalized spacial score (nSPS) is 17.8. The van der Waals surface area contributed by atoms with Gasteiger partial charge in [-0.3, -0.25) is 4.99 Å². The van der Waals surface area contributed by atoms with Crippen molar-refractivity contribution in [1.29, 1.82) is 0 Å². The molecule has 1 aliphatic carbocycles. The van der Waals surface area contributed by atoms with E-state index >= 15 is 0 Å². The molecule has 3 N–H and O–H groups in total. The summed E-state index contributed by atoms with van der Waals surface area (Å²) in [5.74, 6) is 0.777. The molecule has 8 heteroatoms. The van der Waals surface area contributed by atoms with Gasteiger partial charge >= 0.3 is 0 Å². The van der Waals surface area contributed by atoms with Crippen LogP contribution in [0.15, 0.2) is 29.4 Å². The fraction of sp³-hybridized carbons (Fsp3) is 0.500. The topological polar surface area (TPSA) is 97.4 Å². The Morgan fingerprint density at radius 1 is 1.50 bits per heavy atom. The average molecular weight is 410 g/mol. The van der Waals surface area contributed by atoms with Gasteiger partial charge in [-0.1, -0.05) is 12.5 Å². The minimum atomic E-state index is -3.10. The van der Waals surface area contributed by atoms with E-state index in [1.807, 2.05) is 6.07 Å². The number of aromatic nitrogens is 1. The molecule has 1 aromatic heterocycles. The van der Waals surface area contributed by atoms with Crippen LogP contribution in [0.5, 0.6) is 0 Å². The van der Waals surface area contributed by atoms with E-state index in [4.69, 9.17) is 5.73 Å². The van der Waals surface area contributed by atoms with E-state index < -0.39 is 14.6 Å². The van der Waals surface area contributed by atoms with Crippen molar-refractivity contribution < 1.29 is 8.42 Å². The molecule has 1 fully saturated rings. The summed E-state index contributed by atoms with van der Waals surface area (Å²) in [5, 5.41) is 2.84. The number of sulfone groups is 1. The van der Waals surface area contributed by atoms with E-state index in [0.717, 1.165) is 6.42 Å². The van der Waals surface area contributed by atoms with Gasteiger partial charge in [0.25, 0.3) is 0 Å². The SMILES string of the molecule is CS(=O)(=O)C1(CN=C(N)Nc2ccccn2)CCC1.I. The van der Waals surface area contributed by atoms with Gasteiger partial charge in [0.05, 0.1) is 11.3 Å². The number of halogens is 1. The molecule has 0 aliphatic heterocycles. The van der Waals surface area contributed by atoms with Gasteiger partial charge in [-0.25, -0.2) is 13.4 Å². The second kappa shape index (κ2) is 6.70. The van der Waals surface area contributed by atoms with E-state index in [2.05, 4.69) is 15.3 Å². The number of hydrogen-bond acceptors (Lipinski definition) is 4. The lowest BCUT2D eigenvalue weighted by molar-refractivity contribution is 0.347. The summed E-state index contributed by atoms with van der Waals surface area (Å²) in [7, 11) is -3.10. The number of aliphatic imine (C=N–C) groups is 1. The van der Waals surface area contributed by atoms with Crippen LogP contribution in [0.2, 0.25) is 0 Å². The molecule has 0 saturated heterocycles. The lowest BCUT2D eigenvalue weighted by Gasteiger charge is -2.38. The van der Waals surface area contributed by atoms with Crippen molar-refractivity contribution in [2.45, 2.75) is 24.0 Å². The molecular weight excluding hydrogens is 391 g/mol. The van der Waals surface area contributed by atoms with Crippen molar-refractivity contribution in [1.82, 2.24) is 4.98 Å². The Labute approximate surface area is 136 Å². The zero-order chi connectivity index (χ0) is 13.9. The third-order valence-electron chi connectivity index (χ3n) is 3.51. The van der Waals surface area contributed by atoms with Crippen LogP contribution in [0, 0.1) is 0 Å². The molecule has 6 nitrogen and oxygen atoms in total. The molecular formula is C12H19IN4O2S. The Morgan fingerprint density at radius 3 is 2.65 bits per heavy atom. The second-order valence-corrected chi connectivity index (χ2v) is 7.26. The number of nitrogens with one attached hydrogen (secondary N) is 1. The second-order valence-electron chi connectivity index (χ2n) is 4.85. The fourth-order valence-electron chi connectivity index (χ4n) is 2.05. The van der Waals surface area contributed by atoms with E-state index in [-0.39, 0.29) is 36.5 Å². The lowest BCUT2D eigenvalue weighted by Crippen LogP contribution is -2.48. The molecule has 2 rings (SSSR count). The van der Waals surface area contributed by atoms with Gasteiger partial charge in [0, 0.05) is 12.5 Å². The number of nitrogens with two attached hydrogens (primary N) is 1. The summed E-state index contributed by atoms with van der Waals surface area (Å²) < 4.78 is 22.8. The molecule has 1 aromatic rings. The number of hydrogen-bond donors (Lipinski definition) is 2. The van der Waals surface area contributed by atoms with Crippen molar-refractivity contribution >= 4 is 45.6 Å². The first-order valence-corrected chi connectivity index (χ1v) is 8.00. The Morgan fingerprint density at radius 2 is 2.20 bits per heavy atom. The number of guanidine groups is 1. The van der Waals surface area contributed by atoms with E-state index in [1.165, 1.54) is 6.26 Å². The highest BCUT2D eigenvalue weighted by molar-refractivity contribution is 14.0. The van der Waals surface area contributed by atoms with Gasteiger partial charge in [0.15, 0.2) is 15.8 Å². The molecule has 0 aromatic carbocycles. The zero-order valence-corrected chi connectivity index (χ0v) is 14.4. The third-order valence-corrected chi connectivity index (χ3v) is 5.62. The van der Waals surface area contributed by atoms with Gasteiger partial charge in [-0.15, -0.1) is 24.0 Å². The van der Waals surface area contributed by atoms with Crippen LogP contribution in [0.3, 0.4) is 0 Å². The predicted molar refractivity (Wildman–Crippen MR) is 91.2 cm³/mol. The summed E-state index contributed by atoms with van der Waals surface area (Å²) in [6.07, 6.45) is 5.15. The molecule has 1 aliphatic rings. The summed E-state index contributed by atoms with van der Waals surface area (Å²) in [5.41, 5.74) is 5.74. The highest BCUT2D eigenvalue weighted by Crippen LogP contribution is 2.39. The molecule has 0 unspecified atom stereocenters. The standard InChI is InChI=1S/C12H18N4O2S.HI/c1-19(17,18)12(6-4-7-12)9-15-11(13)16-10-5-2-3-8-14-10;/h2-3,5,8H,4,6-7,9H2,1H3,(H3,13,14,15,16);1H. The maximum absolute atomic E-state index is 11.8.